The van der Waals surface area contributed by atoms with Gasteiger partial charge in [-0.1, -0.05) is 13.8 Å². The molecule has 0 radical (unpaired) electrons. The number of methoxy groups -OCH3 is 1. The number of Topliss-reactive ketones (excluding diaryl/α,β-unsaturated/α-hetero) is 1. The topological polar surface area (TPSA) is 39.2 Å². The number of nitrogens with zero attached hydrogens (tertiary/aromatic N) is 1. The molecule has 0 saturated heterocycles. The first-order valence-electron chi connectivity index (χ1n) is 4.61. The first-order valence-corrected chi connectivity index (χ1v) is 5.43. The molecule has 3 nitrogen and oxygen atoms in total. The van der Waals surface area contributed by atoms with E-state index in [4.69, 9.17) is 4.74 Å². The molecule has 0 atom stereocenters. The van der Waals surface area contributed by atoms with Gasteiger partial charge in [-0.15, -0.1) is 11.3 Å². The van der Waals surface area contributed by atoms with Crippen LogP contribution in [-0.4, -0.2) is 17.9 Å². The molecular formula is C10H17NO2S. The summed E-state index contributed by atoms with van der Waals surface area (Å²) in [5, 5.41) is 0.861. The summed E-state index contributed by atoms with van der Waals surface area (Å²) in [4.78, 5) is 15.9. The molecule has 0 N–H and O–H groups in total. The first-order chi connectivity index (χ1) is 6.65. The lowest BCUT2D eigenvalue weighted by molar-refractivity contribution is 0.102. The van der Waals surface area contributed by atoms with E-state index in [2.05, 4.69) is 4.98 Å². The van der Waals surface area contributed by atoms with Crippen molar-refractivity contribution in [2.24, 2.45) is 0 Å². The number of rotatable bonds is 3. The highest BCUT2D eigenvalue weighted by molar-refractivity contribution is 7.13. The number of hydrogen-bond acceptors (Lipinski definition) is 4. The van der Waals surface area contributed by atoms with Crippen LogP contribution in [0.4, 0.5) is 0 Å². The van der Waals surface area contributed by atoms with Crippen molar-refractivity contribution >= 4 is 17.1 Å². The van der Waals surface area contributed by atoms with Gasteiger partial charge in [0.1, 0.15) is 5.01 Å². The van der Waals surface area contributed by atoms with Crippen molar-refractivity contribution in [3.05, 3.63) is 15.6 Å². The maximum absolute atomic E-state index is 11.0. The molecule has 1 heterocycles. The van der Waals surface area contributed by atoms with E-state index < -0.39 is 0 Å². The Bertz CT molecular complexity index is 294. The molecule has 0 aliphatic heterocycles. The molecule has 0 saturated carbocycles. The van der Waals surface area contributed by atoms with Gasteiger partial charge in [-0.25, -0.2) is 4.98 Å². The maximum Gasteiger partial charge on any atom is 0.171 e. The zero-order chi connectivity index (χ0) is 11.1. The predicted octanol–water partition coefficient (Wildman–Crippen LogP) is 2.83. The molecule has 1 aromatic rings. The SMILES string of the molecule is CC.COCc1nc(C)c(C(C)=O)s1. The van der Waals surface area contributed by atoms with E-state index in [1.165, 1.54) is 11.3 Å². The second-order valence-corrected chi connectivity index (χ2v) is 3.59. The fourth-order valence-electron chi connectivity index (χ4n) is 0.964. The Hall–Kier alpha value is -0.740. The van der Waals surface area contributed by atoms with E-state index in [0.29, 0.717) is 6.61 Å². The standard InChI is InChI=1S/C8H11NO2S.C2H6/c1-5-8(6(2)10)12-7(9-5)4-11-3;1-2/h4H2,1-3H3;1-2H3. The third kappa shape index (κ3) is 3.55. The molecule has 0 aromatic carbocycles. The van der Waals surface area contributed by atoms with E-state index >= 15 is 0 Å². The van der Waals surface area contributed by atoms with Gasteiger partial charge in [0.25, 0.3) is 0 Å². The third-order valence-corrected chi connectivity index (χ3v) is 2.66. The van der Waals surface area contributed by atoms with E-state index in [-0.39, 0.29) is 5.78 Å². The highest BCUT2D eigenvalue weighted by Gasteiger charge is 2.10. The molecule has 1 rings (SSSR count). The van der Waals surface area contributed by atoms with Gasteiger partial charge in [0, 0.05) is 14.0 Å². The quantitative estimate of drug-likeness (QED) is 0.728. The summed E-state index contributed by atoms with van der Waals surface area (Å²) in [6.45, 7) is 7.88. The minimum atomic E-state index is 0.0763. The average Bonchev–Trinajstić information content (AvgIpc) is 2.51. The van der Waals surface area contributed by atoms with Gasteiger partial charge in [-0.2, -0.15) is 0 Å². The Labute approximate surface area is 89.1 Å². The summed E-state index contributed by atoms with van der Waals surface area (Å²) in [5.74, 6) is 0.0763. The van der Waals surface area contributed by atoms with Crippen LogP contribution in [0.3, 0.4) is 0 Å². The molecule has 4 heteroatoms. The fourth-order valence-corrected chi connectivity index (χ4v) is 1.90. The molecule has 1 aromatic heterocycles. The Morgan fingerprint density at radius 2 is 2.07 bits per heavy atom. The highest BCUT2D eigenvalue weighted by atomic mass is 32.1. The molecule has 0 aliphatic rings. The molecule has 0 fully saturated rings. The van der Waals surface area contributed by atoms with Crippen LogP contribution in [0.25, 0.3) is 0 Å². The summed E-state index contributed by atoms with van der Waals surface area (Å²) in [5.41, 5.74) is 0.805. The predicted molar refractivity (Wildman–Crippen MR) is 58.9 cm³/mol. The zero-order valence-corrected chi connectivity index (χ0v) is 10.2. The summed E-state index contributed by atoms with van der Waals surface area (Å²) in [7, 11) is 1.62. The number of ketones is 1. The molecule has 14 heavy (non-hydrogen) atoms. The van der Waals surface area contributed by atoms with Gasteiger partial charge in [0.15, 0.2) is 5.78 Å². The van der Waals surface area contributed by atoms with Crippen molar-refractivity contribution in [3.8, 4) is 0 Å². The van der Waals surface area contributed by atoms with Gasteiger partial charge in [0.05, 0.1) is 17.2 Å². The number of thiazole rings is 1. The minimum Gasteiger partial charge on any atom is -0.378 e. The van der Waals surface area contributed by atoms with E-state index in [1.807, 2.05) is 20.8 Å². The number of ether oxygens (including phenoxy) is 1. The summed E-state index contributed by atoms with van der Waals surface area (Å²) in [6, 6.07) is 0. The Morgan fingerprint density at radius 3 is 2.43 bits per heavy atom. The molecule has 0 amide bonds. The van der Waals surface area contributed by atoms with Crippen molar-refractivity contribution in [2.75, 3.05) is 7.11 Å². The van der Waals surface area contributed by atoms with Crippen molar-refractivity contribution in [3.63, 3.8) is 0 Å². The largest absolute Gasteiger partial charge is 0.378 e. The van der Waals surface area contributed by atoms with Gasteiger partial charge in [-0.3, -0.25) is 4.79 Å². The normalized spacial score (nSPS) is 9.21. The van der Waals surface area contributed by atoms with Crippen LogP contribution in [0.5, 0.6) is 0 Å². The summed E-state index contributed by atoms with van der Waals surface area (Å²) < 4.78 is 4.91. The number of hydrogen-bond donors (Lipinski definition) is 0. The lowest BCUT2D eigenvalue weighted by Crippen LogP contribution is -1.89. The average molecular weight is 215 g/mol. The van der Waals surface area contributed by atoms with Crippen molar-refractivity contribution in [1.29, 1.82) is 0 Å². The summed E-state index contributed by atoms with van der Waals surface area (Å²) >= 11 is 1.41. The molecule has 0 unspecified atom stereocenters. The zero-order valence-electron chi connectivity index (χ0n) is 9.38. The van der Waals surface area contributed by atoms with Gasteiger partial charge < -0.3 is 4.74 Å². The number of carbonyl (C=O) groups is 1. The number of aromatic nitrogens is 1. The second-order valence-electron chi connectivity index (χ2n) is 2.51. The van der Waals surface area contributed by atoms with Crippen LogP contribution in [0.15, 0.2) is 0 Å². The third-order valence-electron chi connectivity index (χ3n) is 1.43. The van der Waals surface area contributed by atoms with E-state index in [0.717, 1.165) is 15.6 Å². The Kier molecular flexibility index (Phi) is 6.32. The minimum absolute atomic E-state index is 0.0763. The van der Waals surface area contributed by atoms with Gasteiger partial charge >= 0.3 is 0 Å². The lowest BCUT2D eigenvalue weighted by Gasteiger charge is -1.88. The van der Waals surface area contributed by atoms with Crippen LogP contribution in [-0.2, 0) is 11.3 Å². The number of carbonyl (C=O) groups excluding carboxylic acids is 1. The van der Waals surface area contributed by atoms with E-state index in [1.54, 1.807) is 14.0 Å². The molecule has 80 valence electrons. The van der Waals surface area contributed by atoms with Gasteiger partial charge in [0.2, 0.25) is 0 Å². The van der Waals surface area contributed by atoms with Crippen molar-refractivity contribution < 1.29 is 9.53 Å². The highest BCUT2D eigenvalue weighted by Crippen LogP contribution is 2.18. The van der Waals surface area contributed by atoms with Crippen LogP contribution in [0.1, 0.15) is 41.1 Å². The van der Waals surface area contributed by atoms with Gasteiger partial charge in [-0.05, 0) is 6.92 Å². The molecule has 0 bridgehead atoms. The summed E-state index contributed by atoms with van der Waals surface area (Å²) in [6.07, 6.45) is 0. The second kappa shape index (κ2) is 6.68. The smallest absolute Gasteiger partial charge is 0.171 e. The van der Waals surface area contributed by atoms with E-state index in [9.17, 15) is 4.79 Å². The molecule has 0 aliphatic carbocycles. The maximum atomic E-state index is 11.0. The lowest BCUT2D eigenvalue weighted by atomic mass is 10.3. The van der Waals surface area contributed by atoms with Crippen molar-refractivity contribution in [2.45, 2.75) is 34.3 Å². The fraction of sp³-hybridized carbons (Fsp3) is 0.600. The monoisotopic (exact) mass is 215 g/mol. The van der Waals surface area contributed by atoms with Crippen LogP contribution in [0.2, 0.25) is 0 Å². The Balaban J connectivity index is 0.000000791. The Morgan fingerprint density at radius 1 is 1.50 bits per heavy atom. The first kappa shape index (κ1) is 13.3. The van der Waals surface area contributed by atoms with Crippen LogP contribution < -0.4 is 0 Å². The van der Waals surface area contributed by atoms with Crippen LogP contribution in [0, 0.1) is 6.92 Å². The van der Waals surface area contributed by atoms with Crippen molar-refractivity contribution in [1.82, 2.24) is 4.98 Å². The number of aryl methyl sites for hydroxylation is 1. The molecule has 0 spiro atoms. The molecular weight excluding hydrogens is 198 g/mol. The van der Waals surface area contributed by atoms with Crippen LogP contribution >= 0.6 is 11.3 Å².